The first-order valence-corrected chi connectivity index (χ1v) is 11.5. The lowest BCUT2D eigenvalue weighted by Crippen LogP contribution is -2.56. The molecule has 0 aromatic heterocycles. The van der Waals surface area contributed by atoms with E-state index in [1.165, 1.54) is 0 Å². The Hall–Kier alpha value is -3.26. The molecule has 0 saturated carbocycles. The number of hydrogen-bond donors (Lipinski definition) is 1. The smallest absolute Gasteiger partial charge is 0.306 e. The van der Waals surface area contributed by atoms with E-state index in [0.29, 0.717) is 48.3 Å². The lowest BCUT2D eigenvalue weighted by molar-refractivity contribution is -0.147. The molecule has 3 aliphatic heterocycles. The van der Waals surface area contributed by atoms with Gasteiger partial charge in [0, 0.05) is 11.1 Å². The first kappa shape index (κ1) is 22.5. The number of para-hydroxylation sites is 1. The maximum Gasteiger partial charge on any atom is 0.306 e. The van der Waals surface area contributed by atoms with E-state index in [-0.39, 0.29) is 17.4 Å². The predicted octanol–water partition coefficient (Wildman–Crippen LogP) is 3.87. The number of anilines is 1. The number of carboxylic acids is 1. The van der Waals surface area contributed by atoms with Crippen molar-refractivity contribution < 1.29 is 33.6 Å². The standard InChI is InChI=1S/C26H29NO7/c1-14-10-16-22-18(11-14)33-13-20(26(2,3)4)27(22)25(30)19(12-21(28)29)34-23(16)15-6-5-7-17-24(15)32-9-8-31-17/h5-7,10-11,19-20,23H,8-9,12-13H2,1-4H3,(H,28,29)/t19-,20+,23-/m1/s1. The predicted molar refractivity (Wildman–Crippen MR) is 124 cm³/mol. The molecule has 3 aliphatic rings. The van der Waals surface area contributed by atoms with E-state index >= 15 is 0 Å². The molecule has 2 aromatic carbocycles. The van der Waals surface area contributed by atoms with Gasteiger partial charge in [-0.25, -0.2) is 0 Å². The molecule has 8 heteroatoms. The van der Waals surface area contributed by atoms with E-state index in [9.17, 15) is 14.7 Å². The van der Waals surface area contributed by atoms with Gasteiger partial charge in [0.05, 0.1) is 18.2 Å². The number of carbonyl (C=O) groups excluding carboxylic acids is 1. The summed E-state index contributed by atoms with van der Waals surface area (Å²) >= 11 is 0. The molecule has 0 fully saturated rings. The Balaban J connectivity index is 1.76. The van der Waals surface area contributed by atoms with Crippen molar-refractivity contribution in [2.24, 2.45) is 5.41 Å². The van der Waals surface area contributed by atoms with Gasteiger partial charge in [0.25, 0.3) is 5.91 Å². The Morgan fingerprint density at radius 3 is 2.59 bits per heavy atom. The summed E-state index contributed by atoms with van der Waals surface area (Å²) in [6, 6.07) is 9.13. The van der Waals surface area contributed by atoms with E-state index in [4.69, 9.17) is 18.9 Å². The summed E-state index contributed by atoms with van der Waals surface area (Å²) in [5.41, 5.74) is 2.70. The van der Waals surface area contributed by atoms with Crippen LogP contribution in [0.1, 0.15) is 50.0 Å². The molecule has 8 nitrogen and oxygen atoms in total. The third-order valence-electron chi connectivity index (χ3n) is 6.53. The maximum absolute atomic E-state index is 13.9. The van der Waals surface area contributed by atoms with Crippen LogP contribution in [0.3, 0.4) is 0 Å². The third kappa shape index (κ3) is 3.76. The van der Waals surface area contributed by atoms with E-state index in [0.717, 1.165) is 11.1 Å². The van der Waals surface area contributed by atoms with Crippen LogP contribution in [0.25, 0.3) is 0 Å². The molecule has 0 unspecified atom stereocenters. The minimum Gasteiger partial charge on any atom is -0.489 e. The average Bonchev–Trinajstić information content (AvgIpc) is 2.89. The molecular formula is C26H29NO7. The van der Waals surface area contributed by atoms with E-state index < -0.39 is 24.6 Å². The van der Waals surface area contributed by atoms with Crippen molar-refractivity contribution in [3.63, 3.8) is 0 Å². The summed E-state index contributed by atoms with van der Waals surface area (Å²) in [5, 5.41) is 9.62. The number of fused-ring (bicyclic) bond motifs is 1. The van der Waals surface area contributed by atoms with Gasteiger partial charge < -0.3 is 24.1 Å². The van der Waals surface area contributed by atoms with Crippen LogP contribution in [0.15, 0.2) is 30.3 Å². The number of nitrogens with zero attached hydrogens (tertiary/aromatic N) is 1. The molecule has 0 spiro atoms. The normalized spacial score (nSPS) is 23.6. The maximum atomic E-state index is 13.9. The van der Waals surface area contributed by atoms with Crippen molar-refractivity contribution in [3.05, 3.63) is 47.0 Å². The first-order valence-electron chi connectivity index (χ1n) is 11.5. The van der Waals surface area contributed by atoms with Crippen molar-refractivity contribution in [2.45, 2.75) is 52.4 Å². The van der Waals surface area contributed by atoms with Gasteiger partial charge in [-0.3, -0.25) is 14.5 Å². The topological polar surface area (TPSA) is 94.5 Å². The van der Waals surface area contributed by atoms with E-state index in [1.807, 2.05) is 58.0 Å². The lowest BCUT2D eigenvalue weighted by atomic mass is 9.84. The molecule has 3 atom stereocenters. The Bertz CT molecular complexity index is 1150. The second-order valence-corrected chi connectivity index (χ2v) is 10.1. The van der Waals surface area contributed by atoms with Gasteiger partial charge in [0.15, 0.2) is 11.5 Å². The number of hydrogen-bond acceptors (Lipinski definition) is 6. The van der Waals surface area contributed by atoms with E-state index in [1.54, 1.807) is 4.90 Å². The van der Waals surface area contributed by atoms with Gasteiger partial charge in [-0.15, -0.1) is 0 Å². The van der Waals surface area contributed by atoms with Crippen LogP contribution in [0.5, 0.6) is 17.2 Å². The number of carbonyl (C=O) groups is 2. The van der Waals surface area contributed by atoms with Crippen LogP contribution in [-0.2, 0) is 14.3 Å². The molecule has 0 bridgehead atoms. The summed E-state index contributed by atoms with van der Waals surface area (Å²) in [6.45, 7) is 9.23. The number of rotatable bonds is 3. The zero-order valence-corrected chi connectivity index (χ0v) is 19.8. The van der Waals surface area contributed by atoms with Crippen LogP contribution in [0.2, 0.25) is 0 Å². The number of amides is 1. The van der Waals surface area contributed by atoms with Gasteiger partial charge in [-0.2, -0.15) is 0 Å². The highest BCUT2D eigenvalue weighted by atomic mass is 16.6. The summed E-state index contributed by atoms with van der Waals surface area (Å²) in [4.78, 5) is 27.4. The Morgan fingerprint density at radius 1 is 1.09 bits per heavy atom. The minimum atomic E-state index is -1.17. The molecule has 0 radical (unpaired) electrons. The molecule has 1 amide bonds. The van der Waals surface area contributed by atoms with Crippen LogP contribution >= 0.6 is 0 Å². The Kier molecular flexibility index (Phi) is 5.43. The van der Waals surface area contributed by atoms with Crippen LogP contribution in [0.4, 0.5) is 5.69 Å². The number of benzene rings is 2. The SMILES string of the molecule is Cc1cc2c3c(c1)[C@@H](c1cccc4c1OCCO4)O[C@H](CC(=O)O)C(=O)N3[C@H](C(C)(C)C)CO2. The fourth-order valence-corrected chi connectivity index (χ4v) is 4.93. The van der Waals surface area contributed by atoms with E-state index in [2.05, 4.69) is 0 Å². The fourth-order valence-electron chi connectivity index (χ4n) is 4.93. The van der Waals surface area contributed by atoms with Crippen molar-refractivity contribution in [1.82, 2.24) is 0 Å². The van der Waals surface area contributed by atoms with Gasteiger partial charge >= 0.3 is 5.97 Å². The molecule has 1 N–H and O–H groups in total. The molecular weight excluding hydrogens is 438 g/mol. The second-order valence-electron chi connectivity index (χ2n) is 10.1. The van der Waals surface area contributed by atoms with Crippen molar-refractivity contribution in [3.8, 4) is 17.2 Å². The number of ether oxygens (including phenoxy) is 4. The zero-order valence-electron chi connectivity index (χ0n) is 19.8. The van der Waals surface area contributed by atoms with Gasteiger partial charge in [0.1, 0.15) is 37.8 Å². The monoisotopic (exact) mass is 467 g/mol. The third-order valence-corrected chi connectivity index (χ3v) is 6.53. The van der Waals surface area contributed by atoms with Gasteiger partial charge in [-0.1, -0.05) is 39.0 Å². The molecule has 5 rings (SSSR count). The molecule has 2 aromatic rings. The highest BCUT2D eigenvalue weighted by molar-refractivity contribution is 6.02. The lowest BCUT2D eigenvalue weighted by Gasteiger charge is -2.44. The van der Waals surface area contributed by atoms with Crippen LogP contribution in [-0.4, -0.2) is 48.9 Å². The first-order chi connectivity index (χ1) is 16.1. The van der Waals surface area contributed by atoms with Crippen molar-refractivity contribution in [2.75, 3.05) is 24.7 Å². The van der Waals surface area contributed by atoms with Crippen LogP contribution in [0, 0.1) is 12.3 Å². The number of aliphatic carboxylic acids is 1. The molecule has 3 heterocycles. The minimum absolute atomic E-state index is 0.295. The highest BCUT2D eigenvalue weighted by Crippen LogP contribution is 2.51. The fraction of sp³-hybridized carbons (Fsp3) is 0.462. The molecule has 180 valence electrons. The second kappa shape index (κ2) is 8.20. The molecule has 0 saturated heterocycles. The number of aryl methyl sites for hydroxylation is 1. The average molecular weight is 468 g/mol. The summed E-state index contributed by atoms with van der Waals surface area (Å²) in [6.07, 6.45) is -2.37. The zero-order chi connectivity index (χ0) is 24.2. The van der Waals surface area contributed by atoms with Gasteiger partial charge in [0.2, 0.25) is 0 Å². The summed E-state index contributed by atoms with van der Waals surface area (Å²) in [5.74, 6) is 0.263. The number of carboxylic acid groups (broad SMARTS) is 1. The largest absolute Gasteiger partial charge is 0.489 e. The van der Waals surface area contributed by atoms with Gasteiger partial charge in [-0.05, 0) is 30.0 Å². The van der Waals surface area contributed by atoms with Crippen molar-refractivity contribution >= 4 is 17.6 Å². The summed E-state index contributed by atoms with van der Waals surface area (Å²) in [7, 11) is 0. The Morgan fingerprint density at radius 2 is 1.85 bits per heavy atom. The van der Waals surface area contributed by atoms with Crippen LogP contribution < -0.4 is 19.1 Å². The molecule has 34 heavy (non-hydrogen) atoms. The Labute approximate surface area is 198 Å². The molecule has 0 aliphatic carbocycles. The quantitative estimate of drug-likeness (QED) is 0.732. The highest BCUT2D eigenvalue weighted by Gasteiger charge is 2.47. The summed E-state index contributed by atoms with van der Waals surface area (Å²) < 4.78 is 24.3. The van der Waals surface area contributed by atoms with Crippen molar-refractivity contribution in [1.29, 1.82) is 0 Å².